The van der Waals surface area contributed by atoms with Crippen LogP contribution in [0.3, 0.4) is 0 Å². The molecule has 0 aliphatic rings. The van der Waals surface area contributed by atoms with Crippen LogP contribution in [-0.4, -0.2) is 75.3 Å². The minimum absolute atomic E-state index is 0.155. The standard InChI is InChI=1S/C6H8N6.C6H7N5.C6H9N3O.C5H7N3O.C5H6N2OS/c1-12-2-9-3-4(7)10-6(8)11-5(3)12;1-11-3-9-4-2-8-6(7)10-5(4)11;1-2-7-5-3-4-6(10)9-8-5;1-3-2-7-5(6)8-4(3)9;1-7-3-2-4(8)6-5(7)9/h2H,1H3,(H4,7,8,10,11);2-3H,1H3,(H2,7,8,10);3-4H,2H2,1H3,(H,7,8)(H,9,10);2H,1H3,(H3,6,7,8,9);2-3H,1H3,(H,6,8,9). The molecular weight excluding hydrogens is 683 g/mol. The number of imidazole rings is 2. The third-order valence-electron chi connectivity index (χ3n) is 6.11. The summed E-state index contributed by atoms with van der Waals surface area (Å²) in [5, 5.41) is 8.99. The number of nitrogens with two attached hydrogens (primary N) is 4. The smallest absolute Gasteiger partial charge is 0.264 e. The molecule has 0 bridgehead atoms. The third-order valence-corrected chi connectivity index (χ3v) is 6.50. The molecule has 51 heavy (non-hydrogen) atoms. The normalized spacial score (nSPS) is 9.98. The molecule has 0 aliphatic heterocycles. The van der Waals surface area contributed by atoms with Gasteiger partial charge in [0.25, 0.3) is 16.7 Å². The van der Waals surface area contributed by atoms with E-state index in [2.05, 4.69) is 60.4 Å². The average Bonchev–Trinajstić information content (AvgIpc) is 3.65. The highest BCUT2D eigenvalue weighted by Crippen LogP contribution is 2.15. The number of aromatic amines is 3. The largest absolute Gasteiger partial charge is 0.382 e. The van der Waals surface area contributed by atoms with Gasteiger partial charge in [0.05, 0.1) is 18.9 Å². The van der Waals surface area contributed by atoms with Gasteiger partial charge in [0.1, 0.15) is 16.9 Å². The zero-order chi connectivity index (χ0) is 37.7. The van der Waals surface area contributed by atoms with Gasteiger partial charge in [-0.05, 0) is 32.1 Å². The summed E-state index contributed by atoms with van der Waals surface area (Å²) in [7, 11) is 5.46. The van der Waals surface area contributed by atoms with E-state index < -0.39 is 0 Å². The molecule has 7 rings (SSSR count). The van der Waals surface area contributed by atoms with Crippen LogP contribution in [0.2, 0.25) is 0 Å². The Morgan fingerprint density at radius 1 is 0.784 bits per heavy atom. The highest BCUT2D eigenvalue weighted by atomic mass is 32.1. The fourth-order valence-corrected chi connectivity index (χ4v) is 3.72. The Bertz CT molecular complexity index is 2420. The molecule has 22 nitrogen and oxygen atoms in total. The van der Waals surface area contributed by atoms with Crippen molar-refractivity contribution in [2.24, 2.45) is 21.1 Å². The summed E-state index contributed by atoms with van der Waals surface area (Å²) in [6.45, 7) is 4.44. The Kier molecular flexibility index (Phi) is 13.5. The van der Waals surface area contributed by atoms with Crippen molar-refractivity contribution in [2.45, 2.75) is 13.8 Å². The Morgan fingerprint density at radius 3 is 2.08 bits per heavy atom. The monoisotopic (exact) mass is 719 g/mol. The fourth-order valence-electron chi connectivity index (χ4n) is 3.56. The molecule has 0 radical (unpaired) electrons. The highest BCUT2D eigenvalue weighted by Gasteiger charge is 2.06. The van der Waals surface area contributed by atoms with Crippen LogP contribution in [0.15, 0.2) is 63.8 Å². The predicted octanol–water partition coefficient (Wildman–Crippen LogP) is -0.222. The van der Waals surface area contributed by atoms with E-state index in [1.165, 1.54) is 18.3 Å². The van der Waals surface area contributed by atoms with Crippen LogP contribution in [0.4, 0.5) is 29.5 Å². The summed E-state index contributed by atoms with van der Waals surface area (Å²) in [5.74, 6) is 1.62. The number of nitrogens with zero attached hydrogens (tertiary/aromatic N) is 11. The first-order chi connectivity index (χ1) is 24.2. The molecule has 0 aliphatic carbocycles. The second-order valence-corrected chi connectivity index (χ2v) is 10.5. The first-order valence-corrected chi connectivity index (χ1v) is 15.1. The molecule has 23 heteroatoms. The number of rotatable bonds is 2. The van der Waals surface area contributed by atoms with Gasteiger partial charge in [-0.25, -0.2) is 25.0 Å². The SMILES string of the molecule is CCNc1ccc(=O)[nH]n1.Cc1cnc(N)[nH]c1=O.Cn1ccc(=O)[nH]c1=S.Cn1cnc2c(N)nc(N)nc21.Cn1cnc2cnc(N)nc21. The van der Waals surface area contributed by atoms with Gasteiger partial charge in [0.15, 0.2) is 27.8 Å². The molecular formula is C28H37N19O3S. The first-order valence-electron chi connectivity index (χ1n) is 14.6. The minimum atomic E-state index is -0.179. The quantitative estimate of drug-likeness (QED) is 0.107. The zero-order valence-corrected chi connectivity index (χ0v) is 29.0. The molecule has 0 amide bonds. The van der Waals surface area contributed by atoms with Crippen LogP contribution in [0.25, 0.3) is 22.3 Å². The van der Waals surface area contributed by atoms with Gasteiger partial charge in [-0.15, -0.1) is 0 Å². The highest BCUT2D eigenvalue weighted by molar-refractivity contribution is 7.71. The van der Waals surface area contributed by atoms with Crippen LogP contribution in [0.5, 0.6) is 0 Å². The van der Waals surface area contributed by atoms with Crippen LogP contribution < -0.4 is 44.9 Å². The van der Waals surface area contributed by atoms with Gasteiger partial charge in [-0.3, -0.25) is 24.4 Å². The van der Waals surface area contributed by atoms with Gasteiger partial charge < -0.3 is 42.0 Å². The number of anilines is 5. The molecule has 0 saturated carbocycles. The summed E-state index contributed by atoms with van der Waals surface area (Å²) < 4.78 is 5.65. The van der Waals surface area contributed by atoms with Crippen LogP contribution in [-0.2, 0) is 21.1 Å². The number of hydrogen-bond donors (Lipinski definition) is 8. The number of fused-ring (bicyclic) bond motifs is 2. The summed E-state index contributed by atoms with van der Waals surface area (Å²) in [6.07, 6.45) is 7.97. The summed E-state index contributed by atoms with van der Waals surface area (Å²) in [5.41, 5.74) is 24.4. The molecule has 7 aromatic rings. The van der Waals surface area contributed by atoms with Crippen LogP contribution in [0, 0.1) is 11.7 Å². The fraction of sp³-hybridized carbons (Fsp3) is 0.214. The number of hydrogen-bond acceptors (Lipinski definition) is 17. The van der Waals surface area contributed by atoms with E-state index in [9.17, 15) is 14.4 Å². The van der Waals surface area contributed by atoms with Crippen molar-refractivity contribution in [3.05, 3.63) is 90.8 Å². The number of H-pyrrole nitrogens is 3. The second-order valence-electron chi connectivity index (χ2n) is 10.1. The maximum absolute atomic E-state index is 10.7. The lowest BCUT2D eigenvalue weighted by Gasteiger charge is -1.97. The third kappa shape index (κ3) is 11.6. The molecule has 0 unspecified atom stereocenters. The van der Waals surface area contributed by atoms with Gasteiger partial charge in [-0.2, -0.15) is 20.1 Å². The van der Waals surface area contributed by atoms with E-state index in [0.717, 1.165) is 17.7 Å². The van der Waals surface area contributed by atoms with Crippen molar-refractivity contribution in [2.75, 3.05) is 34.8 Å². The number of nitrogens with one attached hydrogen (secondary N) is 4. The molecule has 0 aromatic carbocycles. The van der Waals surface area contributed by atoms with Crippen molar-refractivity contribution in [1.82, 2.24) is 68.8 Å². The van der Waals surface area contributed by atoms with Crippen LogP contribution in [0.1, 0.15) is 12.5 Å². The molecule has 0 saturated heterocycles. The minimum Gasteiger partial charge on any atom is -0.382 e. The Labute approximate surface area is 293 Å². The average molecular weight is 720 g/mol. The lowest BCUT2D eigenvalue weighted by atomic mass is 10.4. The van der Waals surface area contributed by atoms with Crippen molar-refractivity contribution in [3.8, 4) is 0 Å². The van der Waals surface area contributed by atoms with Crippen molar-refractivity contribution in [1.29, 1.82) is 0 Å². The molecule has 7 aromatic heterocycles. The number of aromatic nitrogens is 14. The van der Waals surface area contributed by atoms with E-state index in [0.29, 0.717) is 33.1 Å². The van der Waals surface area contributed by atoms with Gasteiger partial charge in [0, 0.05) is 57.8 Å². The molecule has 0 atom stereocenters. The molecule has 268 valence electrons. The van der Waals surface area contributed by atoms with Crippen molar-refractivity contribution >= 4 is 64.0 Å². The lowest BCUT2D eigenvalue weighted by molar-refractivity contribution is 0.832. The molecule has 0 spiro atoms. The second kappa shape index (κ2) is 17.9. The van der Waals surface area contributed by atoms with E-state index in [-0.39, 0.29) is 34.5 Å². The molecule has 12 N–H and O–H groups in total. The van der Waals surface area contributed by atoms with E-state index in [1.54, 1.807) is 58.8 Å². The van der Waals surface area contributed by atoms with Gasteiger partial charge in [-0.1, -0.05) is 0 Å². The summed E-state index contributed by atoms with van der Waals surface area (Å²) in [6, 6.07) is 4.50. The van der Waals surface area contributed by atoms with E-state index >= 15 is 0 Å². The summed E-state index contributed by atoms with van der Waals surface area (Å²) >= 11 is 4.75. The molecule has 0 fully saturated rings. The van der Waals surface area contributed by atoms with E-state index in [1.807, 2.05) is 21.0 Å². The Morgan fingerprint density at radius 2 is 1.47 bits per heavy atom. The van der Waals surface area contributed by atoms with E-state index in [4.69, 9.17) is 35.2 Å². The van der Waals surface area contributed by atoms with Gasteiger partial charge >= 0.3 is 0 Å². The van der Waals surface area contributed by atoms with Crippen LogP contribution >= 0.6 is 12.2 Å². The maximum Gasteiger partial charge on any atom is 0.264 e. The van der Waals surface area contributed by atoms with Crippen molar-refractivity contribution in [3.63, 3.8) is 0 Å². The first kappa shape index (κ1) is 38.4. The topological polar surface area (TPSA) is 333 Å². The maximum atomic E-state index is 10.7. The van der Waals surface area contributed by atoms with Crippen molar-refractivity contribution < 1.29 is 0 Å². The molecule has 7 heterocycles. The lowest BCUT2D eigenvalue weighted by Crippen LogP contribution is -2.12. The van der Waals surface area contributed by atoms with Gasteiger partial charge in [0.2, 0.25) is 11.9 Å². The Balaban J connectivity index is 0.000000173. The number of nitrogen functional groups attached to an aromatic ring is 4. The zero-order valence-electron chi connectivity index (χ0n) is 28.2. The Hall–Kier alpha value is -7.04. The number of aryl methyl sites for hydroxylation is 4. The predicted molar refractivity (Wildman–Crippen MR) is 196 cm³/mol. The summed E-state index contributed by atoms with van der Waals surface area (Å²) in [4.78, 5) is 63.8.